The van der Waals surface area contributed by atoms with Gasteiger partial charge in [-0.2, -0.15) is 0 Å². The largest absolute Gasteiger partial charge is 0.487 e. The van der Waals surface area contributed by atoms with Crippen molar-refractivity contribution in [3.05, 3.63) is 59.7 Å². The molecule has 0 saturated carbocycles. The molecule has 1 fully saturated rings. The van der Waals surface area contributed by atoms with Gasteiger partial charge in [-0.25, -0.2) is 0 Å². The Kier molecular flexibility index (Phi) is 7.29. The molecule has 5 heteroatoms. The lowest BCUT2D eigenvalue weighted by Gasteiger charge is -2.22. The van der Waals surface area contributed by atoms with Crippen LogP contribution in [0.1, 0.15) is 24.0 Å². The fourth-order valence-corrected chi connectivity index (χ4v) is 2.90. The molecular formula is C20H25ClN2O2. The number of nitrogens with one attached hydrogen (secondary N) is 2. The van der Waals surface area contributed by atoms with Crippen molar-refractivity contribution < 1.29 is 9.53 Å². The molecule has 2 aromatic rings. The second-order valence-corrected chi connectivity index (χ2v) is 6.31. The number of anilines is 1. The zero-order valence-corrected chi connectivity index (χ0v) is 15.3. The van der Waals surface area contributed by atoms with E-state index in [1.807, 2.05) is 55.5 Å². The van der Waals surface area contributed by atoms with Crippen LogP contribution in [-0.2, 0) is 11.4 Å². The number of ether oxygens (including phenoxy) is 1. The van der Waals surface area contributed by atoms with Crippen LogP contribution in [0.25, 0.3) is 0 Å². The first-order chi connectivity index (χ1) is 11.7. The topological polar surface area (TPSA) is 50.4 Å². The molecule has 3 rings (SSSR count). The molecule has 134 valence electrons. The number of hydrogen-bond donors (Lipinski definition) is 2. The van der Waals surface area contributed by atoms with E-state index in [4.69, 9.17) is 4.74 Å². The second-order valence-electron chi connectivity index (χ2n) is 6.31. The third-order valence-electron chi connectivity index (χ3n) is 4.30. The standard InChI is InChI=1S/C20H24N2O2.ClH/c1-15-9-10-18(22-20(23)17-8-5-11-21-13-17)19(12-15)24-14-16-6-3-2-4-7-16;/h2-4,6-7,9-10,12,17,21H,5,8,11,13-14H2,1H3,(H,22,23);1H. The van der Waals surface area contributed by atoms with E-state index >= 15 is 0 Å². The van der Waals surface area contributed by atoms with Gasteiger partial charge >= 0.3 is 0 Å². The van der Waals surface area contributed by atoms with Crippen LogP contribution in [0.2, 0.25) is 0 Å². The summed E-state index contributed by atoms with van der Waals surface area (Å²) in [7, 11) is 0. The predicted octanol–water partition coefficient (Wildman–Crippen LogP) is 3.93. The molecule has 1 unspecified atom stereocenters. The third kappa shape index (κ3) is 5.48. The van der Waals surface area contributed by atoms with Crippen molar-refractivity contribution in [1.82, 2.24) is 5.32 Å². The zero-order valence-electron chi connectivity index (χ0n) is 14.5. The molecule has 1 heterocycles. The molecular weight excluding hydrogens is 336 g/mol. The highest BCUT2D eigenvalue weighted by atomic mass is 35.5. The zero-order chi connectivity index (χ0) is 16.8. The third-order valence-corrected chi connectivity index (χ3v) is 4.30. The maximum absolute atomic E-state index is 12.5. The van der Waals surface area contributed by atoms with Gasteiger partial charge in [-0.15, -0.1) is 12.4 Å². The number of rotatable bonds is 5. The van der Waals surface area contributed by atoms with E-state index < -0.39 is 0 Å². The van der Waals surface area contributed by atoms with Crippen LogP contribution in [-0.4, -0.2) is 19.0 Å². The van der Waals surface area contributed by atoms with Crippen LogP contribution < -0.4 is 15.4 Å². The number of amides is 1. The number of hydrogen-bond acceptors (Lipinski definition) is 3. The normalized spacial score (nSPS) is 16.6. The first-order valence-electron chi connectivity index (χ1n) is 8.51. The average molecular weight is 361 g/mol. The van der Waals surface area contributed by atoms with Gasteiger partial charge in [-0.1, -0.05) is 36.4 Å². The summed E-state index contributed by atoms with van der Waals surface area (Å²) in [4.78, 5) is 12.5. The summed E-state index contributed by atoms with van der Waals surface area (Å²) in [6.45, 7) is 4.25. The highest BCUT2D eigenvalue weighted by molar-refractivity contribution is 5.94. The van der Waals surface area contributed by atoms with Crippen molar-refractivity contribution >= 4 is 24.0 Å². The monoisotopic (exact) mass is 360 g/mol. The number of benzene rings is 2. The Morgan fingerprint density at radius 3 is 2.76 bits per heavy atom. The molecule has 1 saturated heterocycles. The minimum absolute atomic E-state index is 0. The van der Waals surface area contributed by atoms with Gasteiger partial charge in [0.05, 0.1) is 11.6 Å². The fourth-order valence-electron chi connectivity index (χ4n) is 2.90. The maximum Gasteiger partial charge on any atom is 0.228 e. The van der Waals surface area contributed by atoms with Gasteiger partial charge in [0.15, 0.2) is 0 Å². The first kappa shape index (κ1) is 19.3. The van der Waals surface area contributed by atoms with Crippen molar-refractivity contribution in [3.8, 4) is 5.75 Å². The summed E-state index contributed by atoms with van der Waals surface area (Å²) in [5, 5.41) is 6.32. The molecule has 0 bridgehead atoms. The van der Waals surface area contributed by atoms with Gasteiger partial charge in [-0.05, 0) is 49.6 Å². The summed E-state index contributed by atoms with van der Waals surface area (Å²) in [5.74, 6) is 0.814. The highest BCUT2D eigenvalue weighted by Gasteiger charge is 2.21. The van der Waals surface area contributed by atoms with Crippen molar-refractivity contribution in [1.29, 1.82) is 0 Å². The SMILES string of the molecule is Cc1ccc(NC(=O)C2CCCNC2)c(OCc2ccccc2)c1.Cl. The Hall–Kier alpha value is -2.04. The molecule has 1 aliphatic rings. The van der Waals surface area contributed by atoms with Gasteiger partial charge < -0.3 is 15.4 Å². The van der Waals surface area contributed by atoms with Gasteiger partial charge in [0.2, 0.25) is 5.91 Å². The first-order valence-corrected chi connectivity index (χ1v) is 8.51. The van der Waals surface area contributed by atoms with Crippen molar-refractivity contribution in [2.45, 2.75) is 26.4 Å². The number of halogens is 1. The summed E-state index contributed by atoms with van der Waals surface area (Å²) < 4.78 is 5.96. The molecule has 1 atom stereocenters. The molecule has 0 aliphatic carbocycles. The van der Waals surface area contributed by atoms with E-state index in [2.05, 4.69) is 10.6 Å². The summed E-state index contributed by atoms with van der Waals surface area (Å²) in [5.41, 5.74) is 2.95. The number of aryl methyl sites for hydroxylation is 1. The lowest BCUT2D eigenvalue weighted by molar-refractivity contribution is -0.120. The van der Waals surface area contributed by atoms with Crippen LogP contribution in [0, 0.1) is 12.8 Å². The molecule has 4 nitrogen and oxygen atoms in total. The van der Waals surface area contributed by atoms with E-state index in [9.17, 15) is 4.79 Å². The molecule has 25 heavy (non-hydrogen) atoms. The Morgan fingerprint density at radius 1 is 1.24 bits per heavy atom. The van der Waals surface area contributed by atoms with Gasteiger partial charge in [0.25, 0.3) is 0 Å². The number of piperidine rings is 1. The molecule has 0 radical (unpaired) electrons. The van der Waals surface area contributed by atoms with E-state index in [1.54, 1.807) is 0 Å². The van der Waals surface area contributed by atoms with E-state index in [-0.39, 0.29) is 24.2 Å². The van der Waals surface area contributed by atoms with Crippen LogP contribution in [0.3, 0.4) is 0 Å². The molecule has 1 amide bonds. The quantitative estimate of drug-likeness (QED) is 0.849. The number of carbonyl (C=O) groups is 1. The molecule has 0 aromatic heterocycles. The minimum Gasteiger partial charge on any atom is -0.487 e. The van der Waals surface area contributed by atoms with E-state index in [0.717, 1.165) is 48.5 Å². The fraction of sp³-hybridized carbons (Fsp3) is 0.350. The Bertz CT molecular complexity index is 685. The maximum atomic E-state index is 12.5. The smallest absolute Gasteiger partial charge is 0.228 e. The minimum atomic E-state index is 0. The van der Waals surface area contributed by atoms with Crippen LogP contribution in [0.15, 0.2) is 48.5 Å². The van der Waals surface area contributed by atoms with Gasteiger partial charge in [0.1, 0.15) is 12.4 Å². The lowest BCUT2D eigenvalue weighted by Crippen LogP contribution is -2.37. The van der Waals surface area contributed by atoms with E-state index in [0.29, 0.717) is 6.61 Å². The van der Waals surface area contributed by atoms with Crippen LogP contribution >= 0.6 is 12.4 Å². The van der Waals surface area contributed by atoms with Crippen LogP contribution in [0.5, 0.6) is 5.75 Å². The van der Waals surface area contributed by atoms with Crippen molar-refractivity contribution in [3.63, 3.8) is 0 Å². The summed E-state index contributed by atoms with van der Waals surface area (Å²) >= 11 is 0. The highest BCUT2D eigenvalue weighted by Crippen LogP contribution is 2.27. The van der Waals surface area contributed by atoms with Gasteiger partial charge in [0, 0.05) is 6.54 Å². The predicted molar refractivity (Wildman–Crippen MR) is 103 cm³/mol. The summed E-state index contributed by atoms with van der Waals surface area (Å²) in [6.07, 6.45) is 1.98. The molecule has 2 aromatic carbocycles. The Morgan fingerprint density at radius 2 is 2.04 bits per heavy atom. The van der Waals surface area contributed by atoms with Gasteiger partial charge in [-0.3, -0.25) is 4.79 Å². The Labute approximate surface area is 155 Å². The number of carbonyl (C=O) groups excluding carboxylic acids is 1. The van der Waals surface area contributed by atoms with Crippen molar-refractivity contribution in [2.24, 2.45) is 5.92 Å². The Balaban J connectivity index is 0.00000225. The average Bonchev–Trinajstić information content (AvgIpc) is 2.63. The summed E-state index contributed by atoms with van der Waals surface area (Å²) in [6, 6.07) is 15.9. The molecule has 0 spiro atoms. The lowest BCUT2D eigenvalue weighted by atomic mass is 9.98. The van der Waals surface area contributed by atoms with Crippen LogP contribution in [0.4, 0.5) is 5.69 Å². The van der Waals surface area contributed by atoms with Crippen molar-refractivity contribution in [2.75, 3.05) is 18.4 Å². The van der Waals surface area contributed by atoms with E-state index in [1.165, 1.54) is 0 Å². The second kappa shape index (κ2) is 9.44. The molecule has 1 aliphatic heterocycles. The molecule has 2 N–H and O–H groups in total.